The molecule has 2 aromatic rings. The van der Waals surface area contributed by atoms with Gasteiger partial charge in [0.15, 0.2) is 5.58 Å². The van der Waals surface area contributed by atoms with Gasteiger partial charge in [0.25, 0.3) is 0 Å². The average molecular weight is 345 g/mol. The fraction of sp³-hybridized carbons (Fsp3) is 0.467. The van der Waals surface area contributed by atoms with E-state index in [1.54, 1.807) is 0 Å². The molecule has 0 saturated heterocycles. The maximum atomic E-state index is 6.25. The highest BCUT2D eigenvalue weighted by molar-refractivity contribution is 9.10. The minimum atomic E-state index is 0.576. The van der Waals surface area contributed by atoms with Gasteiger partial charge in [-0.1, -0.05) is 48.3 Å². The lowest BCUT2D eigenvalue weighted by atomic mass is 10.00. The molecule has 0 aliphatic rings. The number of rotatable bonds is 5. The summed E-state index contributed by atoms with van der Waals surface area (Å²) >= 11 is 9.86. The Balaban J connectivity index is 2.59. The van der Waals surface area contributed by atoms with Crippen molar-refractivity contribution in [2.75, 3.05) is 6.54 Å². The first-order chi connectivity index (χ1) is 9.04. The summed E-state index contributed by atoms with van der Waals surface area (Å²) in [6, 6.07) is 3.86. The zero-order chi connectivity index (χ0) is 14.0. The maximum Gasteiger partial charge on any atom is 0.154 e. The molecule has 19 heavy (non-hydrogen) atoms. The van der Waals surface area contributed by atoms with Gasteiger partial charge in [-0.25, -0.2) is 0 Å². The first-order valence-corrected chi connectivity index (χ1v) is 7.80. The van der Waals surface area contributed by atoms with Gasteiger partial charge >= 0.3 is 0 Å². The minimum Gasteiger partial charge on any atom is -0.458 e. The number of hydrogen-bond donors (Lipinski definition) is 1. The summed E-state index contributed by atoms with van der Waals surface area (Å²) < 4.78 is 7.04. The van der Waals surface area contributed by atoms with Gasteiger partial charge in [-0.05, 0) is 31.0 Å². The number of fused-ring (bicyclic) bond motifs is 1. The normalized spacial score (nSPS) is 11.7. The van der Waals surface area contributed by atoms with Crippen LogP contribution in [0.25, 0.3) is 11.0 Å². The second-order valence-corrected chi connectivity index (χ2v) is 6.38. The molecule has 0 aliphatic heterocycles. The molecule has 0 spiro atoms. The van der Waals surface area contributed by atoms with Crippen molar-refractivity contribution in [3.8, 4) is 0 Å². The van der Waals surface area contributed by atoms with Crippen molar-refractivity contribution < 1.29 is 4.42 Å². The molecule has 0 bridgehead atoms. The van der Waals surface area contributed by atoms with Crippen molar-refractivity contribution in [2.45, 2.75) is 33.7 Å². The van der Waals surface area contributed by atoms with E-state index < -0.39 is 0 Å². The second kappa shape index (κ2) is 6.29. The highest BCUT2D eigenvalue weighted by Crippen LogP contribution is 2.37. The summed E-state index contributed by atoms with van der Waals surface area (Å²) in [6.45, 7) is 8.19. The Hall–Kier alpha value is -0.510. The lowest BCUT2D eigenvalue weighted by Crippen LogP contribution is -2.12. The molecular weight excluding hydrogens is 326 g/mol. The van der Waals surface area contributed by atoms with Crippen molar-refractivity contribution in [3.05, 3.63) is 33.0 Å². The minimum absolute atomic E-state index is 0.576. The molecule has 0 fully saturated rings. The molecule has 0 radical (unpaired) electrons. The third-order valence-electron chi connectivity index (χ3n) is 3.07. The van der Waals surface area contributed by atoms with E-state index in [-0.39, 0.29) is 0 Å². The predicted octanol–water partition coefficient (Wildman–Crippen LogP) is 5.16. The van der Waals surface area contributed by atoms with Gasteiger partial charge in [0.2, 0.25) is 0 Å². The Morgan fingerprint density at radius 3 is 2.74 bits per heavy atom. The SMILES string of the molecule is CCNCc1oc2c(Cl)ccc(Br)c2c1CC(C)C. The Morgan fingerprint density at radius 1 is 1.37 bits per heavy atom. The van der Waals surface area contributed by atoms with Crippen LogP contribution in [-0.4, -0.2) is 6.54 Å². The van der Waals surface area contributed by atoms with Crippen LogP contribution in [0.2, 0.25) is 5.02 Å². The largest absolute Gasteiger partial charge is 0.458 e. The molecule has 2 rings (SSSR count). The van der Waals surface area contributed by atoms with E-state index in [4.69, 9.17) is 16.0 Å². The molecule has 2 nitrogen and oxygen atoms in total. The van der Waals surface area contributed by atoms with E-state index in [9.17, 15) is 0 Å². The van der Waals surface area contributed by atoms with E-state index in [1.165, 1.54) is 5.56 Å². The van der Waals surface area contributed by atoms with Crippen molar-refractivity contribution in [2.24, 2.45) is 5.92 Å². The number of hydrogen-bond acceptors (Lipinski definition) is 2. The molecule has 1 N–H and O–H groups in total. The molecule has 1 heterocycles. The Morgan fingerprint density at radius 2 is 2.11 bits per heavy atom. The van der Waals surface area contributed by atoms with Crippen LogP contribution in [0.5, 0.6) is 0 Å². The molecule has 0 unspecified atom stereocenters. The highest BCUT2D eigenvalue weighted by Gasteiger charge is 2.19. The predicted molar refractivity (Wildman–Crippen MR) is 84.8 cm³/mol. The topological polar surface area (TPSA) is 25.2 Å². The maximum absolute atomic E-state index is 6.25. The number of benzene rings is 1. The van der Waals surface area contributed by atoms with Crippen LogP contribution in [0, 0.1) is 5.92 Å². The summed E-state index contributed by atoms with van der Waals surface area (Å²) in [4.78, 5) is 0. The zero-order valence-corrected chi connectivity index (χ0v) is 13.9. The van der Waals surface area contributed by atoms with Crippen molar-refractivity contribution in [1.82, 2.24) is 5.32 Å². The van der Waals surface area contributed by atoms with Gasteiger partial charge < -0.3 is 9.73 Å². The van der Waals surface area contributed by atoms with Crippen molar-refractivity contribution in [3.63, 3.8) is 0 Å². The van der Waals surface area contributed by atoms with Gasteiger partial charge in [-0.3, -0.25) is 0 Å². The first kappa shape index (κ1) is 14.9. The van der Waals surface area contributed by atoms with E-state index in [2.05, 4.69) is 42.0 Å². The third-order valence-corrected chi connectivity index (χ3v) is 4.03. The molecule has 0 aliphatic carbocycles. The zero-order valence-electron chi connectivity index (χ0n) is 11.5. The van der Waals surface area contributed by atoms with Crippen LogP contribution >= 0.6 is 27.5 Å². The monoisotopic (exact) mass is 343 g/mol. The molecular formula is C15H19BrClNO. The lowest BCUT2D eigenvalue weighted by Gasteiger charge is -2.07. The van der Waals surface area contributed by atoms with Crippen LogP contribution in [-0.2, 0) is 13.0 Å². The van der Waals surface area contributed by atoms with Crippen LogP contribution in [0.4, 0.5) is 0 Å². The number of furan rings is 1. The molecule has 0 saturated carbocycles. The molecule has 4 heteroatoms. The van der Waals surface area contributed by atoms with Crippen LogP contribution < -0.4 is 5.32 Å². The molecule has 1 aromatic heterocycles. The number of halogens is 2. The molecule has 0 atom stereocenters. The highest BCUT2D eigenvalue weighted by atomic mass is 79.9. The van der Waals surface area contributed by atoms with Gasteiger partial charge in [0.1, 0.15) is 5.76 Å². The van der Waals surface area contributed by atoms with E-state index in [1.807, 2.05) is 12.1 Å². The van der Waals surface area contributed by atoms with Gasteiger partial charge in [0.05, 0.1) is 11.6 Å². The number of nitrogens with one attached hydrogen (secondary N) is 1. The first-order valence-electron chi connectivity index (χ1n) is 6.63. The molecule has 0 amide bonds. The third kappa shape index (κ3) is 3.15. The summed E-state index contributed by atoms with van der Waals surface area (Å²) in [7, 11) is 0. The standard InChI is InChI=1S/C15H19BrClNO/c1-4-18-8-13-10(7-9(2)3)14-11(16)5-6-12(17)15(14)19-13/h5-6,9,18H,4,7-8H2,1-3H3. The van der Waals surface area contributed by atoms with E-state index in [0.717, 1.165) is 40.7 Å². The van der Waals surface area contributed by atoms with Crippen molar-refractivity contribution >= 4 is 38.5 Å². The van der Waals surface area contributed by atoms with Gasteiger partial charge in [-0.2, -0.15) is 0 Å². The quantitative estimate of drug-likeness (QED) is 0.810. The van der Waals surface area contributed by atoms with Gasteiger partial charge in [-0.15, -0.1) is 0 Å². The summed E-state index contributed by atoms with van der Waals surface area (Å²) in [5.74, 6) is 1.58. The summed E-state index contributed by atoms with van der Waals surface area (Å²) in [6.07, 6.45) is 0.993. The smallest absolute Gasteiger partial charge is 0.154 e. The lowest BCUT2D eigenvalue weighted by molar-refractivity contribution is 0.506. The molecule has 1 aromatic carbocycles. The van der Waals surface area contributed by atoms with Crippen LogP contribution in [0.3, 0.4) is 0 Å². The summed E-state index contributed by atoms with van der Waals surface area (Å²) in [5.41, 5.74) is 2.06. The Kier molecular flexibility index (Phi) is 4.93. The van der Waals surface area contributed by atoms with Gasteiger partial charge in [0, 0.05) is 15.4 Å². The average Bonchev–Trinajstić information content (AvgIpc) is 2.71. The summed E-state index contributed by atoms with van der Waals surface area (Å²) in [5, 5.41) is 5.12. The van der Waals surface area contributed by atoms with Crippen molar-refractivity contribution in [1.29, 1.82) is 0 Å². The fourth-order valence-electron chi connectivity index (χ4n) is 2.24. The second-order valence-electron chi connectivity index (χ2n) is 5.12. The van der Waals surface area contributed by atoms with E-state index >= 15 is 0 Å². The molecule has 104 valence electrons. The Bertz CT molecular complexity index is 577. The Labute approximate surface area is 127 Å². The fourth-order valence-corrected chi connectivity index (χ4v) is 2.99. The van der Waals surface area contributed by atoms with Crippen LogP contribution in [0.1, 0.15) is 32.1 Å². The van der Waals surface area contributed by atoms with E-state index in [0.29, 0.717) is 10.9 Å². The van der Waals surface area contributed by atoms with Crippen LogP contribution in [0.15, 0.2) is 21.0 Å².